The molecule has 23 heavy (non-hydrogen) atoms. The number of ether oxygens (including phenoxy) is 1. The number of anilines is 1. The van der Waals surface area contributed by atoms with E-state index in [1.165, 1.54) is 0 Å². The van der Waals surface area contributed by atoms with Crippen LogP contribution in [0.25, 0.3) is 0 Å². The number of rotatable bonds is 6. The summed E-state index contributed by atoms with van der Waals surface area (Å²) in [7, 11) is 0. The minimum Gasteiger partial charge on any atom is -0.462 e. The number of nitrogens with zero attached hydrogens (tertiary/aromatic N) is 1. The Labute approximate surface area is 138 Å². The molecule has 5 heteroatoms. The normalized spacial score (nSPS) is 15.3. The number of hydrogen-bond acceptors (Lipinski definition) is 4. The fourth-order valence-corrected chi connectivity index (χ4v) is 2.67. The zero-order valence-electron chi connectivity index (χ0n) is 14.0. The van der Waals surface area contributed by atoms with Gasteiger partial charge in [0.2, 0.25) is 5.91 Å². The fraction of sp³-hybridized carbons (Fsp3) is 0.556. The van der Waals surface area contributed by atoms with Gasteiger partial charge in [0.15, 0.2) is 0 Å². The van der Waals surface area contributed by atoms with Crippen molar-refractivity contribution in [2.75, 3.05) is 31.6 Å². The summed E-state index contributed by atoms with van der Waals surface area (Å²) in [6, 6.07) is 7.13. The van der Waals surface area contributed by atoms with E-state index < -0.39 is 0 Å². The minimum absolute atomic E-state index is 0.215. The van der Waals surface area contributed by atoms with Crippen LogP contribution in [-0.4, -0.2) is 43.0 Å². The molecule has 5 nitrogen and oxygen atoms in total. The first-order valence-electron chi connectivity index (χ1n) is 8.39. The molecule has 0 spiro atoms. The lowest BCUT2D eigenvalue weighted by atomic mass is 9.99. The van der Waals surface area contributed by atoms with Gasteiger partial charge in [0.25, 0.3) is 0 Å². The number of likely N-dealkylation sites (tertiary alicyclic amines) is 1. The van der Waals surface area contributed by atoms with Crippen molar-refractivity contribution in [3.05, 3.63) is 29.8 Å². The van der Waals surface area contributed by atoms with Gasteiger partial charge in [-0.05, 0) is 49.9 Å². The van der Waals surface area contributed by atoms with Crippen LogP contribution in [0, 0.1) is 5.92 Å². The molecular formula is C18H26N2O3. The largest absolute Gasteiger partial charge is 0.462 e. The number of benzene rings is 1. The highest BCUT2D eigenvalue weighted by molar-refractivity contribution is 5.89. The molecule has 1 aromatic carbocycles. The van der Waals surface area contributed by atoms with E-state index in [-0.39, 0.29) is 11.9 Å². The lowest BCUT2D eigenvalue weighted by Crippen LogP contribution is -2.38. The molecule has 1 aliphatic rings. The lowest BCUT2D eigenvalue weighted by molar-refractivity contribution is -0.132. The first-order chi connectivity index (χ1) is 11.1. The maximum Gasteiger partial charge on any atom is 0.338 e. The molecule has 0 radical (unpaired) electrons. The summed E-state index contributed by atoms with van der Waals surface area (Å²) in [6.07, 6.45) is 2.71. The second-order valence-electron chi connectivity index (χ2n) is 6.04. The number of carbonyl (C=O) groups excluding carboxylic acids is 2. The molecule has 0 unspecified atom stereocenters. The van der Waals surface area contributed by atoms with Gasteiger partial charge in [-0.2, -0.15) is 0 Å². The number of hydrogen-bond donors (Lipinski definition) is 1. The fourth-order valence-electron chi connectivity index (χ4n) is 2.67. The molecule has 0 aliphatic carbocycles. The van der Waals surface area contributed by atoms with Crippen LogP contribution in [0.2, 0.25) is 0 Å². The van der Waals surface area contributed by atoms with Crippen molar-refractivity contribution in [1.29, 1.82) is 0 Å². The zero-order chi connectivity index (χ0) is 16.7. The van der Waals surface area contributed by atoms with Gasteiger partial charge >= 0.3 is 5.97 Å². The van der Waals surface area contributed by atoms with Crippen LogP contribution >= 0.6 is 0 Å². The van der Waals surface area contributed by atoms with Crippen LogP contribution in [0.15, 0.2) is 24.3 Å². The van der Waals surface area contributed by atoms with Gasteiger partial charge in [-0.1, -0.05) is 6.92 Å². The van der Waals surface area contributed by atoms with Crippen molar-refractivity contribution >= 4 is 17.6 Å². The topological polar surface area (TPSA) is 58.6 Å². The molecule has 1 saturated heterocycles. The van der Waals surface area contributed by atoms with E-state index in [9.17, 15) is 9.59 Å². The predicted molar refractivity (Wildman–Crippen MR) is 90.5 cm³/mol. The van der Waals surface area contributed by atoms with Gasteiger partial charge < -0.3 is 15.0 Å². The standard InChI is InChI=1S/C18H26N2O3/c1-3-23-18(22)15-4-6-16(7-5-15)19-11-8-17(21)20-12-9-14(2)10-13-20/h4-7,14,19H,3,8-13H2,1-2H3. The van der Waals surface area contributed by atoms with E-state index in [1.54, 1.807) is 19.1 Å². The molecule has 0 bridgehead atoms. The molecule has 2 rings (SSSR count). The van der Waals surface area contributed by atoms with Crippen LogP contribution in [0.1, 0.15) is 43.5 Å². The van der Waals surface area contributed by atoms with Gasteiger partial charge in [-0.25, -0.2) is 4.79 Å². The second-order valence-corrected chi connectivity index (χ2v) is 6.04. The maximum atomic E-state index is 12.1. The molecular weight excluding hydrogens is 292 g/mol. The van der Waals surface area contributed by atoms with Crippen molar-refractivity contribution < 1.29 is 14.3 Å². The Morgan fingerprint density at radius 3 is 2.48 bits per heavy atom. The summed E-state index contributed by atoms with van der Waals surface area (Å²) in [5, 5.41) is 3.22. The van der Waals surface area contributed by atoms with Crippen LogP contribution in [0.4, 0.5) is 5.69 Å². The van der Waals surface area contributed by atoms with E-state index in [0.717, 1.165) is 37.5 Å². The predicted octanol–water partition coefficient (Wildman–Crippen LogP) is 2.92. The van der Waals surface area contributed by atoms with Gasteiger partial charge in [0.1, 0.15) is 0 Å². The maximum absolute atomic E-state index is 12.1. The van der Waals surface area contributed by atoms with Gasteiger partial charge in [0, 0.05) is 31.7 Å². The van der Waals surface area contributed by atoms with E-state index in [2.05, 4.69) is 12.2 Å². The van der Waals surface area contributed by atoms with Crippen molar-refractivity contribution in [2.45, 2.75) is 33.1 Å². The Balaban J connectivity index is 1.73. The number of amides is 1. The highest BCUT2D eigenvalue weighted by Crippen LogP contribution is 2.17. The van der Waals surface area contributed by atoms with Crippen LogP contribution in [-0.2, 0) is 9.53 Å². The van der Waals surface area contributed by atoms with Crippen molar-refractivity contribution in [2.24, 2.45) is 5.92 Å². The van der Waals surface area contributed by atoms with Gasteiger partial charge in [0.05, 0.1) is 12.2 Å². The SMILES string of the molecule is CCOC(=O)c1ccc(NCCC(=O)N2CCC(C)CC2)cc1. The van der Waals surface area contributed by atoms with E-state index >= 15 is 0 Å². The smallest absolute Gasteiger partial charge is 0.338 e. The number of esters is 1. The summed E-state index contributed by atoms with van der Waals surface area (Å²) in [6.45, 7) is 6.76. The highest BCUT2D eigenvalue weighted by atomic mass is 16.5. The molecule has 0 aromatic heterocycles. The van der Waals surface area contributed by atoms with Gasteiger partial charge in [-0.3, -0.25) is 4.79 Å². The average molecular weight is 318 g/mol. The molecule has 1 heterocycles. The Morgan fingerprint density at radius 2 is 1.87 bits per heavy atom. The van der Waals surface area contributed by atoms with Crippen LogP contribution in [0.3, 0.4) is 0 Å². The van der Waals surface area contributed by atoms with Crippen LogP contribution in [0.5, 0.6) is 0 Å². The summed E-state index contributed by atoms with van der Waals surface area (Å²) in [5.74, 6) is 0.635. The summed E-state index contributed by atoms with van der Waals surface area (Å²) < 4.78 is 4.95. The third kappa shape index (κ3) is 5.27. The molecule has 1 N–H and O–H groups in total. The average Bonchev–Trinajstić information content (AvgIpc) is 2.56. The van der Waals surface area contributed by atoms with Crippen molar-refractivity contribution in [1.82, 2.24) is 4.90 Å². The molecule has 1 aliphatic heterocycles. The Kier molecular flexibility index (Phi) is 6.44. The first-order valence-corrected chi connectivity index (χ1v) is 8.39. The summed E-state index contributed by atoms with van der Waals surface area (Å²) in [4.78, 5) is 25.7. The molecule has 1 fully saturated rings. The first kappa shape index (κ1) is 17.3. The molecule has 1 aromatic rings. The molecule has 0 saturated carbocycles. The highest BCUT2D eigenvalue weighted by Gasteiger charge is 2.19. The van der Waals surface area contributed by atoms with Crippen LogP contribution < -0.4 is 5.32 Å². The number of nitrogens with one attached hydrogen (secondary N) is 1. The second kappa shape index (κ2) is 8.56. The Morgan fingerprint density at radius 1 is 1.22 bits per heavy atom. The Bertz CT molecular complexity index is 520. The lowest BCUT2D eigenvalue weighted by Gasteiger charge is -2.30. The minimum atomic E-state index is -0.312. The van der Waals surface area contributed by atoms with Crippen molar-refractivity contribution in [3.8, 4) is 0 Å². The quantitative estimate of drug-likeness (QED) is 0.819. The summed E-state index contributed by atoms with van der Waals surface area (Å²) >= 11 is 0. The Hall–Kier alpha value is -2.04. The van der Waals surface area contributed by atoms with E-state index in [1.807, 2.05) is 17.0 Å². The summed E-state index contributed by atoms with van der Waals surface area (Å²) in [5.41, 5.74) is 1.44. The van der Waals surface area contributed by atoms with Crippen molar-refractivity contribution in [3.63, 3.8) is 0 Å². The third-order valence-corrected chi connectivity index (χ3v) is 4.20. The van der Waals surface area contributed by atoms with E-state index in [4.69, 9.17) is 4.74 Å². The van der Waals surface area contributed by atoms with E-state index in [0.29, 0.717) is 25.1 Å². The monoisotopic (exact) mass is 318 g/mol. The third-order valence-electron chi connectivity index (χ3n) is 4.20. The number of piperidine rings is 1. The molecule has 1 amide bonds. The molecule has 126 valence electrons. The molecule has 0 atom stereocenters. The number of carbonyl (C=O) groups is 2. The van der Waals surface area contributed by atoms with Gasteiger partial charge in [-0.15, -0.1) is 0 Å². The zero-order valence-corrected chi connectivity index (χ0v) is 14.0.